The van der Waals surface area contributed by atoms with Gasteiger partial charge in [-0.2, -0.15) is 0 Å². The molecule has 0 aliphatic heterocycles. The highest BCUT2D eigenvalue weighted by Crippen LogP contribution is 2.26. The normalized spacial score (nSPS) is 11.0. The predicted molar refractivity (Wildman–Crippen MR) is 68.7 cm³/mol. The number of rotatable bonds is 1. The fourth-order valence-electron chi connectivity index (χ4n) is 1.82. The van der Waals surface area contributed by atoms with Crippen molar-refractivity contribution >= 4 is 34.1 Å². The summed E-state index contributed by atoms with van der Waals surface area (Å²) in [5, 5.41) is 1.43. The fraction of sp³-hybridized carbons (Fsp3) is 0.250. The van der Waals surface area contributed by atoms with E-state index in [1.54, 1.807) is 19.1 Å². The molecule has 2 aromatic rings. The van der Waals surface area contributed by atoms with Gasteiger partial charge in [-0.1, -0.05) is 30.1 Å². The molecule has 0 radical (unpaired) electrons. The smallest absolute Gasteiger partial charge is 0.194 e. The van der Waals surface area contributed by atoms with Crippen molar-refractivity contribution in [3.8, 4) is 0 Å². The van der Waals surface area contributed by atoms with E-state index < -0.39 is 0 Å². The Labute approximate surface area is 103 Å². The maximum Gasteiger partial charge on any atom is 0.194 e. The molecule has 0 spiro atoms. The third kappa shape index (κ3) is 1.62. The Morgan fingerprint density at radius 2 is 1.88 bits per heavy atom. The second-order valence-electron chi connectivity index (χ2n) is 3.69. The number of pyridine rings is 1. The first-order chi connectivity index (χ1) is 7.56. The second-order valence-corrected chi connectivity index (χ2v) is 4.50. The Bertz CT molecular complexity index is 616. The van der Waals surface area contributed by atoms with Crippen LogP contribution in [0, 0.1) is 6.92 Å². The van der Waals surface area contributed by atoms with Crippen LogP contribution in [-0.2, 0) is 6.42 Å². The number of fused-ring (bicyclic) bond motifs is 1. The van der Waals surface area contributed by atoms with Gasteiger partial charge in [0, 0.05) is 11.3 Å². The lowest BCUT2D eigenvalue weighted by Crippen LogP contribution is -2.11. The molecule has 2 rings (SSSR count). The summed E-state index contributed by atoms with van der Waals surface area (Å²) in [7, 11) is 0. The van der Waals surface area contributed by atoms with Gasteiger partial charge in [0.05, 0.1) is 20.9 Å². The predicted octanol–water partition coefficient (Wildman–Crippen LogP) is 3.71. The summed E-state index contributed by atoms with van der Waals surface area (Å²) in [6.07, 6.45) is 0.764. The third-order valence-corrected chi connectivity index (χ3v) is 3.38. The van der Waals surface area contributed by atoms with Crippen molar-refractivity contribution < 1.29 is 0 Å². The average Bonchev–Trinajstić information content (AvgIpc) is 2.27. The van der Waals surface area contributed by atoms with Crippen LogP contribution in [0.3, 0.4) is 0 Å². The zero-order valence-electron chi connectivity index (χ0n) is 9.03. The zero-order valence-corrected chi connectivity index (χ0v) is 10.5. The number of benzene rings is 1. The maximum atomic E-state index is 12.1. The molecule has 0 unspecified atom stereocenters. The largest absolute Gasteiger partial charge is 0.357 e. The van der Waals surface area contributed by atoms with Gasteiger partial charge in [0.25, 0.3) is 0 Å². The first kappa shape index (κ1) is 11.5. The van der Waals surface area contributed by atoms with Crippen molar-refractivity contribution in [3.63, 3.8) is 0 Å². The van der Waals surface area contributed by atoms with Crippen molar-refractivity contribution in [2.75, 3.05) is 0 Å². The minimum absolute atomic E-state index is 0.0434. The van der Waals surface area contributed by atoms with Gasteiger partial charge in [-0.15, -0.1) is 0 Å². The summed E-state index contributed by atoms with van der Waals surface area (Å²) in [5.41, 5.74) is 2.19. The van der Waals surface area contributed by atoms with Gasteiger partial charge in [-0.3, -0.25) is 4.79 Å². The number of aromatic nitrogens is 1. The summed E-state index contributed by atoms with van der Waals surface area (Å²) in [6.45, 7) is 3.79. The van der Waals surface area contributed by atoms with E-state index in [1.807, 2.05) is 6.92 Å². The second kappa shape index (κ2) is 4.11. The van der Waals surface area contributed by atoms with E-state index in [4.69, 9.17) is 23.2 Å². The zero-order chi connectivity index (χ0) is 11.9. The summed E-state index contributed by atoms with van der Waals surface area (Å²) in [5.74, 6) is 0. The minimum atomic E-state index is -0.0434. The number of aryl methyl sites for hydroxylation is 1. The first-order valence-electron chi connectivity index (χ1n) is 5.05. The van der Waals surface area contributed by atoms with E-state index in [1.165, 1.54) is 0 Å². The number of hydrogen-bond acceptors (Lipinski definition) is 1. The fourth-order valence-corrected chi connectivity index (χ4v) is 2.27. The van der Waals surface area contributed by atoms with Crippen molar-refractivity contribution in [1.82, 2.24) is 4.98 Å². The summed E-state index contributed by atoms with van der Waals surface area (Å²) >= 11 is 12.1. The van der Waals surface area contributed by atoms with Gasteiger partial charge in [-0.05, 0) is 25.5 Å². The Morgan fingerprint density at radius 3 is 2.50 bits per heavy atom. The highest BCUT2D eigenvalue weighted by atomic mass is 35.5. The Morgan fingerprint density at radius 1 is 1.25 bits per heavy atom. The van der Waals surface area contributed by atoms with Gasteiger partial charge < -0.3 is 4.98 Å². The molecular formula is C12H11Cl2NO. The van der Waals surface area contributed by atoms with Crippen LogP contribution < -0.4 is 5.43 Å². The van der Waals surface area contributed by atoms with Crippen LogP contribution in [0.15, 0.2) is 16.9 Å². The van der Waals surface area contributed by atoms with Crippen LogP contribution in [0.2, 0.25) is 10.0 Å². The van der Waals surface area contributed by atoms with Crippen LogP contribution in [0.5, 0.6) is 0 Å². The Hall–Kier alpha value is -0.990. The van der Waals surface area contributed by atoms with E-state index in [9.17, 15) is 4.79 Å². The van der Waals surface area contributed by atoms with Crippen LogP contribution in [0.1, 0.15) is 18.2 Å². The van der Waals surface area contributed by atoms with Crippen molar-refractivity contribution in [3.05, 3.63) is 43.7 Å². The molecular weight excluding hydrogens is 245 g/mol. The number of hydrogen-bond donors (Lipinski definition) is 1. The maximum absolute atomic E-state index is 12.1. The van der Waals surface area contributed by atoms with Crippen LogP contribution in [0.4, 0.5) is 0 Å². The van der Waals surface area contributed by atoms with Crippen molar-refractivity contribution in [2.45, 2.75) is 20.3 Å². The van der Waals surface area contributed by atoms with E-state index in [0.717, 1.165) is 12.1 Å². The molecule has 84 valence electrons. The van der Waals surface area contributed by atoms with Crippen LogP contribution >= 0.6 is 23.2 Å². The Kier molecular flexibility index (Phi) is 2.96. The molecule has 0 atom stereocenters. The number of halogens is 2. The van der Waals surface area contributed by atoms with Gasteiger partial charge in [0.1, 0.15) is 0 Å². The minimum Gasteiger partial charge on any atom is -0.357 e. The number of H-pyrrole nitrogens is 1. The summed E-state index contributed by atoms with van der Waals surface area (Å²) in [4.78, 5) is 15.3. The number of aromatic amines is 1. The molecule has 0 saturated heterocycles. The summed E-state index contributed by atoms with van der Waals surface area (Å²) in [6, 6.07) is 3.34. The monoisotopic (exact) mass is 255 g/mol. The van der Waals surface area contributed by atoms with Crippen molar-refractivity contribution in [1.29, 1.82) is 0 Å². The van der Waals surface area contributed by atoms with Gasteiger partial charge in [0.2, 0.25) is 0 Å². The quantitative estimate of drug-likeness (QED) is 0.828. The molecule has 0 amide bonds. The topological polar surface area (TPSA) is 32.9 Å². The lowest BCUT2D eigenvalue weighted by Gasteiger charge is -2.08. The van der Waals surface area contributed by atoms with E-state index in [-0.39, 0.29) is 5.43 Å². The summed E-state index contributed by atoms with van der Waals surface area (Å²) < 4.78 is 0. The van der Waals surface area contributed by atoms with E-state index in [0.29, 0.717) is 26.5 Å². The molecule has 0 aliphatic rings. The van der Waals surface area contributed by atoms with Gasteiger partial charge in [0.15, 0.2) is 5.43 Å². The molecule has 16 heavy (non-hydrogen) atoms. The SMILES string of the molecule is CCc1[nH]c2c(Cl)ccc(Cl)c2c(=O)c1C. The van der Waals surface area contributed by atoms with Crippen molar-refractivity contribution in [2.24, 2.45) is 0 Å². The molecule has 1 N–H and O–H groups in total. The molecule has 0 aliphatic carbocycles. The lowest BCUT2D eigenvalue weighted by molar-refractivity contribution is 1.02. The lowest BCUT2D eigenvalue weighted by atomic mass is 10.1. The first-order valence-corrected chi connectivity index (χ1v) is 5.81. The highest BCUT2D eigenvalue weighted by Gasteiger charge is 2.12. The van der Waals surface area contributed by atoms with Crippen LogP contribution in [-0.4, -0.2) is 4.98 Å². The van der Waals surface area contributed by atoms with Crippen LogP contribution in [0.25, 0.3) is 10.9 Å². The standard InChI is InChI=1S/C12H11Cl2NO/c1-3-9-6(2)12(16)10-7(13)4-5-8(14)11(10)15-9/h4-5H,3H2,1-2H3,(H,15,16). The van der Waals surface area contributed by atoms with E-state index in [2.05, 4.69) is 4.98 Å². The molecule has 1 heterocycles. The molecule has 4 heteroatoms. The van der Waals surface area contributed by atoms with Gasteiger partial charge >= 0.3 is 0 Å². The molecule has 0 fully saturated rings. The average molecular weight is 256 g/mol. The third-order valence-electron chi connectivity index (χ3n) is 2.75. The Balaban J connectivity index is 3.04. The molecule has 1 aromatic carbocycles. The molecule has 2 nitrogen and oxygen atoms in total. The molecule has 0 saturated carbocycles. The van der Waals surface area contributed by atoms with E-state index >= 15 is 0 Å². The number of nitrogens with one attached hydrogen (secondary N) is 1. The molecule has 0 bridgehead atoms. The highest BCUT2D eigenvalue weighted by molar-refractivity contribution is 6.39. The molecule has 1 aromatic heterocycles. The van der Waals surface area contributed by atoms with Gasteiger partial charge in [-0.25, -0.2) is 0 Å².